The lowest BCUT2D eigenvalue weighted by atomic mass is 10.0. The Hall–Kier alpha value is -3.48. The number of rotatable bonds is 6. The lowest BCUT2D eigenvalue weighted by Crippen LogP contribution is -2.32. The lowest BCUT2D eigenvalue weighted by molar-refractivity contribution is -0.120. The number of carbonyl (C=O) groups is 2. The van der Waals surface area contributed by atoms with Crippen LogP contribution in [0.1, 0.15) is 5.56 Å². The van der Waals surface area contributed by atoms with E-state index in [0.29, 0.717) is 38.5 Å². The molecule has 1 heterocycles. The Balaban J connectivity index is 1.81. The van der Waals surface area contributed by atoms with Crippen LogP contribution in [0.2, 0.25) is 10.0 Å². The number of halogens is 2. The fraction of sp³-hybridized carbons (Fsp3) is 0.0833. The average Bonchev–Trinajstić information content (AvgIpc) is 3.03. The van der Waals surface area contributed by atoms with Crippen molar-refractivity contribution in [2.75, 3.05) is 24.4 Å². The van der Waals surface area contributed by atoms with Gasteiger partial charge in [0.2, 0.25) is 0 Å². The second-order valence-corrected chi connectivity index (χ2v) is 7.75. The second-order valence-electron chi connectivity index (χ2n) is 6.88. The number of nitrogens with zero attached hydrogens (tertiary/aromatic N) is 1. The number of imide groups is 1. The van der Waals surface area contributed by atoms with Crippen molar-refractivity contribution in [3.8, 4) is 11.5 Å². The van der Waals surface area contributed by atoms with Gasteiger partial charge in [-0.25, -0.2) is 4.90 Å². The zero-order valence-corrected chi connectivity index (χ0v) is 18.7. The summed E-state index contributed by atoms with van der Waals surface area (Å²) in [4.78, 5) is 27.9. The molecule has 2 amide bonds. The molecule has 0 atom stereocenters. The molecule has 3 aromatic carbocycles. The molecular weight excluding hydrogens is 451 g/mol. The van der Waals surface area contributed by atoms with Crippen molar-refractivity contribution in [2.45, 2.75) is 0 Å². The Bertz CT molecular complexity index is 1240. The minimum atomic E-state index is -0.503. The van der Waals surface area contributed by atoms with E-state index in [9.17, 15) is 9.59 Å². The van der Waals surface area contributed by atoms with Gasteiger partial charge in [-0.15, -0.1) is 0 Å². The minimum Gasteiger partial charge on any atom is -0.493 e. The van der Waals surface area contributed by atoms with Gasteiger partial charge in [-0.05, 0) is 48.0 Å². The van der Waals surface area contributed by atoms with Gasteiger partial charge in [0.15, 0.2) is 11.5 Å². The molecule has 0 bridgehead atoms. The topological polar surface area (TPSA) is 67.9 Å². The third kappa shape index (κ3) is 4.02. The van der Waals surface area contributed by atoms with Gasteiger partial charge in [0.25, 0.3) is 11.8 Å². The van der Waals surface area contributed by atoms with Gasteiger partial charge < -0.3 is 14.8 Å². The summed E-state index contributed by atoms with van der Waals surface area (Å²) >= 11 is 12.1. The Morgan fingerprint density at radius 1 is 0.781 bits per heavy atom. The molecule has 0 unspecified atom stereocenters. The van der Waals surface area contributed by atoms with E-state index in [1.54, 1.807) is 66.7 Å². The predicted octanol–water partition coefficient (Wildman–Crippen LogP) is 5.41. The maximum absolute atomic E-state index is 13.4. The van der Waals surface area contributed by atoms with E-state index < -0.39 is 11.8 Å². The standard InChI is InChI=1S/C24H18Cl2N2O4/c1-31-19-11-10-17(13-20(19)32-2)27-22-21(14-6-8-15(25)9-7-14)23(29)28(24(22)30)18-5-3-4-16(26)12-18/h3-13,27H,1-2H3. The van der Waals surface area contributed by atoms with E-state index in [1.807, 2.05) is 0 Å². The molecule has 0 saturated heterocycles. The number of carbonyl (C=O) groups excluding carboxylic acids is 2. The second kappa shape index (κ2) is 8.94. The van der Waals surface area contributed by atoms with Crippen LogP contribution < -0.4 is 19.7 Å². The zero-order chi connectivity index (χ0) is 22.8. The number of ether oxygens (including phenoxy) is 2. The fourth-order valence-corrected chi connectivity index (χ4v) is 3.75. The Morgan fingerprint density at radius 2 is 1.50 bits per heavy atom. The molecule has 32 heavy (non-hydrogen) atoms. The molecular formula is C24H18Cl2N2O4. The van der Waals surface area contributed by atoms with E-state index >= 15 is 0 Å². The molecule has 0 saturated carbocycles. The van der Waals surface area contributed by atoms with E-state index in [2.05, 4.69) is 5.32 Å². The predicted molar refractivity (Wildman–Crippen MR) is 125 cm³/mol. The Kier molecular flexibility index (Phi) is 6.08. The first-order valence-corrected chi connectivity index (χ1v) is 10.3. The summed E-state index contributed by atoms with van der Waals surface area (Å²) < 4.78 is 10.6. The number of benzene rings is 3. The van der Waals surface area contributed by atoms with Crippen LogP contribution in [0.5, 0.6) is 11.5 Å². The first kappa shape index (κ1) is 21.7. The van der Waals surface area contributed by atoms with Crippen LogP contribution in [-0.2, 0) is 9.59 Å². The highest BCUT2D eigenvalue weighted by atomic mass is 35.5. The minimum absolute atomic E-state index is 0.129. The molecule has 0 spiro atoms. The van der Waals surface area contributed by atoms with E-state index in [1.165, 1.54) is 14.2 Å². The maximum atomic E-state index is 13.4. The third-order valence-corrected chi connectivity index (χ3v) is 5.42. The van der Waals surface area contributed by atoms with Crippen LogP contribution >= 0.6 is 23.2 Å². The highest BCUT2D eigenvalue weighted by molar-refractivity contribution is 6.46. The average molecular weight is 469 g/mol. The number of nitrogens with one attached hydrogen (secondary N) is 1. The van der Waals surface area contributed by atoms with Crippen LogP contribution in [0.25, 0.3) is 5.57 Å². The number of methoxy groups -OCH3 is 2. The van der Waals surface area contributed by atoms with Crippen LogP contribution in [0, 0.1) is 0 Å². The van der Waals surface area contributed by atoms with Crippen molar-refractivity contribution in [1.82, 2.24) is 0 Å². The first-order valence-electron chi connectivity index (χ1n) is 9.56. The molecule has 162 valence electrons. The van der Waals surface area contributed by atoms with Crippen molar-refractivity contribution >= 4 is 52.0 Å². The quantitative estimate of drug-likeness (QED) is 0.490. The van der Waals surface area contributed by atoms with Crippen molar-refractivity contribution in [3.63, 3.8) is 0 Å². The van der Waals surface area contributed by atoms with Crippen molar-refractivity contribution < 1.29 is 19.1 Å². The molecule has 0 aromatic heterocycles. The molecule has 4 rings (SSSR count). The highest BCUT2D eigenvalue weighted by Crippen LogP contribution is 2.36. The van der Waals surface area contributed by atoms with E-state index in [0.717, 1.165) is 4.90 Å². The normalized spacial score (nSPS) is 13.6. The fourth-order valence-electron chi connectivity index (χ4n) is 3.44. The number of anilines is 2. The van der Waals surface area contributed by atoms with Crippen molar-refractivity contribution in [1.29, 1.82) is 0 Å². The molecule has 1 aliphatic rings. The van der Waals surface area contributed by atoms with Crippen LogP contribution in [0.4, 0.5) is 11.4 Å². The van der Waals surface area contributed by atoms with Gasteiger partial charge in [0.1, 0.15) is 5.70 Å². The molecule has 0 radical (unpaired) electrons. The van der Waals surface area contributed by atoms with Gasteiger partial charge in [0.05, 0.1) is 25.5 Å². The van der Waals surface area contributed by atoms with Crippen molar-refractivity contribution in [2.24, 2.45) is 0 Å². The maximum Gasteiger partial charge on any atom is 0.282 e. The monoisotopic (exact) mass is 468 g/mol. The van der Waals surface area contributed by atoms with Crippen LogP contribution in [0.3, 0.4) is 0 Å². The number of hydrogen-bond acceptors (Lipinski definition) is 5. The zero-order valence-electron chi connectivity index (χ0n) is 17.2. The summed E-state index contributed by atoms with van der Waals surface area (Å²) in [7, 11) is 3.05. The largest absolute Gasteiger partial charge is 0.493 e. The SMILES string of the molecule is COc1ccc(NC2=C(c3ccc(Cl)cc3)C(=O)N(c3cccc(Cl)c3)C2=O)cc1OC. The van der Waals surface area contributed by atoms with E-state index in [-0.39, 0.29) is 11.3 Å². The summed E-state index contributed by atoms with van der Waals surface area (Å²) in [5.74, 6) is 0.0495. The summed E-state index contributed by atoms with van der Waals surface area (Å²) in [6.45, 7) is 0. The molecule has 8 heteroatoms. The molecule has 1 N–H and O–H groups in total. The molecule has 1 aliphatic heterocycles. The summed E-state index contributed by atoms with van der Waals surface area (Å²) in [6.07, 6.45) is 0. The highest BCUT2D eigenvalue weighted by Gasteiger charge is 2.40. The molecule has 6 nitrogen and oxygen atoms in total. The van der Waals surface area contributed by atoms with Gasteiger partial charge >= 0.3 is 0 Å². The molecule has 0 fully saturated rings. The summed E-state index contributed by atoms with van der Waals surface area (Å²) in [5, 5.41) is 4.03. The van der Waals surface area contributed by atoms with Crippen LogP contribution in [-0.4, -0.2) is 26.0 Å². The Morgan fingerprint density at radius 3 is 2.16 bits per heavy atom. The number of amides is 2. The molecule has 3 aromatic rings. The smallest absolute Gasteiger partial charge is 0.282 e. The summed E-state index contributed by atoms with van der Waals surface area (Å²) in [5.41, 5.74) is 1.84. The first-order chi connectivity index (χ1) is 15.4. The van der Waals surface area contributed by atoms with Gasteiger partial charge in [0, 0.05) is 21.8 Å². The van der Waals surface area contributed by atoms with E-state index in [4.69, 9.17) is 32.7 Å². The van der Waals surface area contributed by atoms with Gasteiger partial charge in [-0.3, -0.25) is 9.59 Å². The number of hydrogen-bond donors (Lipinski definition) is 1. The molecule has 0 aliphatic carbocycles. The van der Waals surface area contributed by atoms with Crippen LogP contribution in [0.15, 0.2) is 72.4 Å². The Labute approximate surface area is 195 Å². The van der Waals surface area contributed by atoms with Gasteiger partial charge in [-0.2, -0.15) is 0 Å². The third-order valence-electron chi connectivity index (χ3n) is 4.94. The summed E-state index contributed by atoms with van der Waals surface area (Å²) in [6, 6.07) is 18.4. The van der Waals surface area contributed by atoms with Crippen molar-refractivity contribution in [3.05, 3.63) is 88.0 Å². The lowest BCUT2D eigenvalue weighted by Gasteiger charge is -2.16. The van der Waals surface area contributed by atoms with Gasteiger partial charge in [-0.1, -0.05) is 41.4 Å².